The summed E-state index contributed by atoms with van der Waals surface area (Å²) in [5, 5.41) is 39.6. The lowest BCUT2D eigenvalue weighted by Crippen LogP contribution is -2.47. The van der Waals surface area contributed by atoms with Crippen molar-refractivity contribution in [2.24, 2.45) is 0 Å². The Morgan fingerprint density at radius 2 is 1.68 bits per heavy atom. The number of hydrogen-bond acceptors (Lipinski definition) is 10. The standard InChI is InChI=1S/C34H30FN3O9/c35-24-15-22-25(38(19-2-3-19)17-23(30(22)41)34(44)45)16-26(24)37-9-7-36(8-10-37)11-12-46-20-4-5-21-29(14-20)47-33(32(43)31(21)42)18-1-6-27(39)28(40)13-18/h1,4-6,13-17,19,39-40,43H,2-3,7-12H2,(H,44,45). The highest BCUT2D eigenvalue weighted by molar-refractivity contribution is 5.93. The van der Waals surface area contributed by atoms with E-state index in [0.29, 0.717) is 56.3 Å². The van der Waals surface area contributed by atoms with Crippen LogP contribution < -0.4 is 20.5 Å². The van der Waals surface area contributed by atoms with E-state index in [9.17, 15) is 34.8 Å². The molecule has 3 heterocycles. The van der Waals surface area contributed by atoms with Gasteiger partial charge in [-0.15, -0.1) is 0 Å². The third-order valence-corrected chi connectivity index (χ3v) is 8.74. The Morgan fingerprint density at radius 3 is 2.38 bits per heavy atom. The van der Waals surface area contributed by atoms with Crippen molar-refractivity contribution in [2.45, 2.75) is 18.9 Å². The van der Waals surface area contributed by atoms with Crippen molar-refractivity contribution in [1.29, 1.82) is 0 Å². The van der Waals surface area contributed by atoms with Gasteiger partial charge in [0.25, 0.3) is 0 Å². The Bertz CT molecular complexity index is 2180. The van der Waals surface area contributed by atoms with E-state index in [1.807, 2.05) is 4.90 Å². The van der Waals surface area contributed by atoms with Gasteiger partial charge < -0.3 is 39.0 Å². The van der Waals surface area contributed by atoms with Gasteiger partial charge in [-0.2, -0.15) is 0 Å². The van der Waals surface area contributed by atoms with E-state index < -0.39 is 34.1 Å². The topological polar surface area (TPSA) is 166 Å². The van der Waals surface area contributed by atoms with Crippen molar-refractivity contribution in [3.05, 3.63) is 86.6 Å². The van der Waals surface area contributed by atoms with E-state index in [4.69, 9.17) is 9.15 Å². The SMILES string of the molecule is O=C(O)c1cn(C2CC2)c2cc(N3CCN(CCOc4ccc5c(=O)c(O)c(-c6ccc(O)c(O)c6)oc5c4)CC3)c(F)cc2c1=O. The van der Waals surface area contributed by atoms with E-state index >= 15 is 4.39 Å². The molecule has 3 aromatic carbocycles. The lowest BCUT2D eigenvalue weighted by molar-refractivity contribution is 0.0694. The molecule has 1 saturated carbocycles. The predicted octanol–water partition coefficient (Wildman–Crippen LogP) is 4.26. The number of anilines is 1. The van der Waals surface area contributed by atoms with E-state index in [0.717, 1.165) is 18.9 Å². The molecule has 1 saturated heterocycles. The van der Waals surface area contributed by atoms with Crippen LogP contribution in [-0.4, -0.2) is 75.2 Å². The van der Waals surface area contributed by atoms with Gasteiger partial charge in [0, 0.05) is 62.0 Å². The Balaban J connectivity index is 1.02. The Morgan fingerprint density at radius 1 is 0.915 bits per heavy atom. The summed E-state index contributed by atoms with van der Waals surface area (Å²) in [6, 6.07) is 11.3. The number of phenolic OH excluding ortho intramolecular Hbond substituents is 2. The van der Waals surface area contributed by atoms with Gasteiger partial charge >= 0.3 is 5.97 Å². The highest BCUT2D eigenvalue weighted by Gasteiger charge is 2.28. The van der Waals surface area contributed by atoms with Crippen molar-refractivity contribution in [3.8, 4) is 34.3 Å². The molecular formula is C34H30FN3O9. The second-order valence-corrected chi connectivity index (χ2v) is 11.8. The molecule has 0 radical (unpaired) electrons. The number of ether oxygens (including phenoxy) is 1. The number of nitrogens with zero attached hydrogens (tertiary/aromatic N) is 3. The Hall–Kier alpha value is -5.56. The number of benzene rings is 3. The summed E-state index contributed by atoms with van der Waals surface area (Å²) in [4.78, 5) is 41.3. The number of fused-ring (bicyclic) bond motifs is 2. The van der Waals surface area contributed by atoms with Crippen LogP contribution in [0.4, 0.5) is 10.1 Å². The second kappa shape index (κ2) is 11.7. The number of halogens is 1. The monoisotopic (exact) mass is 643 g/mol. The molecule has 1 aliphatic heterocycles. The molecule has 13 heteroatoms. The number of pyridine rings is 1. The average Bonchev–Trinajstić information content (AvgIpc) is 3.90. The smallest absolute Gasteiger partial charge is 0.341 e. The molecule has 2 aromatic heterocycles. The van der Waals surface area contributed by atoms with E-state index in [2.05, 4.69) is 4.90 Å². The Kier molecular flexibility index (Phi) is 7.47. The molecule has 0 unspecified atom stereocenters. The summed E-state index contributed by atoms with van der Waals surface area (Å²) < 4.78 is 28.9. The number of rotatable bonds is 8. The van der Waals surface area contributed by atoms with Gasteiger partial charge in [-0.3, -0.25) is 14.5 Å². The van der Waals surface area contributed by atoms with Crippen molar-refractivity contribution in [3.63, 3.8) is 0 Å². The zero-order chi connectivity index (χ0) is 33.0. The van der Waals surface area contributed by atoms with Gasteiger partial charge in [-0.1, -0.05) is 0 Å². The largest absolute Gasteiger partial charge is 0.504 e. The summed E-state index contributed by atoms with van der Waals surface area (Å²) in [5.41, 5.74) is -0.424. The van der Waals surface area contributed by atoms with Gasteiger partial charge in [0.15, 0.2) is 17.3 Å². The number of aromatic nitrogens is 1. The molecule has 2 fully saturated rings. The molecule has 5 aromatic rings. The maximum Gasteiger partial charge on any atom is 0.341 e. The lowest BCUT2D eigenvalue weighted by atomic mass is 10.1. The summed E-state index contributed by atoms with van der Waals surface area (Å²) in [7, 11) is 0. The van der Waals surface area contributed by atoms with Gasteiger partial charge in [-0.05, 0) is 55.3 Å². The first-order chi connectivity index (χ1) is 22.6. The minimum absolute atomic E-state index is 0.0643. The molecule has 12 nitrogen and oxygen atoms in total. The third kappa shape index (κ3) is 5.58. The molecule has 7 rings (SSSR count). The zero-order valence-electron chi connectivity index (χ0n) is 25.0. The number of phenols is 2. The summed E-state index contributed by atoms with van der Waals surface area (Å²) in [5.74, 6) is -3.02. The molecule has 2 aliphatic rings. The molecule has 1 aliphatic carbocycles. The molecule has 0 spiro atoms. The van der Waals surface area contributed by atoms with Crippen LogP contribution in [0.15, 0.2) is 68.7 Å². The summed E-state index contributed by atoms with van der Waals surface area (Å²) in [6.45, 7) is 3.21. The number of hydrogen-bond donors (Lipinski definition) is 4. The van der Waals surface area contributed by atoms with E-state index in [-0.39, 0.29) is 45.0 Å². The summed E-state index contributed by atoms with van der Waals surface area (Å²) in [6.07, 6.45) is 3.11. The maximum absolute atomic E-state index is 15.3. The molecule has 0 atom stereocenters. The van der Waals surface area contributed by atoms with Crippen molar-refractivity contribution in [1.82, 2.24) is 9.47 Å². The predicted molar refractivity (Wildman–Crippen MR) is 170 cm³/mol. The first-order valence-corrected chi connectivity index (χ1v) is 15.1. The third-order valence-electron chi connectivity index (χ3n) is 8.74. The fraction of sp³-hybridized carbons (Fsp3) is 0.265. The molecule has 0 bridgehead atoms. The maximum atomic E-state index is 15.3. The van der Waals surface area contributed by atoms with Crippen LogP contribution in [0.2, 0.25) is 0 Å². The molecular weight excluding hydrogens is 613 g/mol. The van der Waals surface area contributed by atoms with Crippen molar-refractivity contribution >= 4 is 33.5 Å². The minimum Gasteiger partial charge on any atom is -0.504 e. The number of carboxylic acids is 1. The van der Waals surface area contributed by atoms with Crippen molar-refractivity contribution in [2.75, 3.05) is 44.2 Å². The molecule has 0 amide bonds. The first-order valence-electron chi connectivity index (χ1n) is 15.1. The second-order valence-electron chi connectivity index (χ2n) is 11.8. The highest BCUT2D eigenvalue weighted by atomic mass is 19.1. The quantitative estimate of drug-likeness (QED) is 0.179. The Labute approximate surface area is 265 Å². The number of carbonyl (C=O) groups is 1. The fourth-order valence-electron chi connectivity index (χ4n) is 6.03. The molecule has 4 N–H and O–H groups in total. The minimum atomic E-state index is -1.33. The van der Waals surface area contributed by atoms with Crippen LogP contribution in [0.5, 0.6) is 23.0 Å². The number of aromatic carboxylic acids is 1. The molecule has 242 valence electrons. The van der Waals surface area contributed by atoms with Crippen LogP contribution >= 0.6 is 0 Å². The van der Waals surface area contributed by atoms with Gasteiger partial charge in [0.2, 0.25) is 16.6 Å². The van der Waals surface area contributed by atoms with Gasteiger partial charge in [0.05, 0.1) is 16.6 Å². The van der Waals surface area contributed by atoms with Crippen LogP contribution in [0, 0.1) is 5.82 Å². The zero-order valence-corrected chi connectivity index (χ0v) is 25.0. The lowest BCUT2D eigenvalue weighted by Gasteiger charge is -2.36. The highest BCUT2D eigenvalue weighted by Crippen LogP contribution is 2.39. The van der Waals surface area contributed by atoms with E-state index in [1.165, 1.54) is 30.5 Å². The van der Waals surface area contributed by atoms with Crippen LogP contribution in [0.1, 0.15) is 29.2 Å². The van der Waals surface area contributed by atoms with Crippen LogP contribution in [0.25, 0.3) is 33.2 Å². The normalized spacial score (nSPS) is 15.4. The van der Waals surface area contributed by atoms with Crippen LogP contribution in [-0.2, 0) is 0 Å². The number of piperazine rings is 1. The van der Waals surface area contributed by atoms with Gasteiger partial charge in [-0.25, -0.2) is 9.18 Å². The van der Waals surface area contributed by atoms with Gasteiger partial charge in [0.1, 0.15) is 29.3 Å². The summed E-state index contributed by atoms with van der Waals surface area (Å²) >= 11 is 0. The van der Waals surface area contributed by atoms with E-state index in [1.54, 1.807) is 22.8 Å². The molecule has 47 heavy (non-hydrogen) atoms. The fourth-order valence-corrected chi connectivity index (χ4v) is 6.03. The first kappa shape index (κ1) is 30.1. The number of aromatic hydroxyl groups is 3. The number of carboxylic acid groups (broad SMARTS) is 1. The average molecular weight is 644 g/mol. The van der Waals surface area contributed by atoms with Crippen LogP contribution in [0.3, 0.4) is 0 Å². The van der Waals surface area contributed by atoms with Crippen molar-refractivity contribution < 1.29 is 38.8 Å².